The molecule has 1 fully saturated rings. The average molecular weight is 334 g/mol. The highest BCUT2D eigenvalue weighted by molar-refractivity contribution is 5.31. The van der Waals surface area contributed by atoms with Gasteiger partial charge in [0.05, 0.1) is 5.56 Å². The van der Waals surface area contributed by atoms with Gasteiger partial charge in [-0.15, -0.1) is 0 Å². The number of hydrogen-bond acceptors (Lipinski definition) is 1. The third-order valence-corrected chi connectivity index (χ3v) is 4.77. The van der Waals surface area contributed by atoms with Crippen LogP contribution in [-0.2, 0) is 6.11 Å². The van der Waals surface area contributed by atoms with Gasteiger partial charge in [-0.3, -0.25) is 0 Å². The molecule has 0 radical (unpaired) electrons. The molecule has 1 nitrogen and oxygen atoms in total. The Hall–Kier alpha value is -1.97. The lowest BCUT2D eigenvalue weighted by atomic mass is 9.79. The van der Waals surface area contributed by atoms with Gasteiger partial charge < -0.3 is 4.74 Å². The fourth-order valence-electron chi connectivity index (χ4n) is 3.28. The van der Waals surface area contributed by atoms with E-state index in [0.29, 0.717) is 5.92 Å². The highest BCUT2D eigenvalue weighted by Gasteiger charge is 2.34. The van der Waals surface area contributed by atoms with E-state index in [1.54, 1.807) is 12.1 Å². The van der Waals surface area contributed by atoms with Gasteiger partial charge in [-0.05, 0) is 60.6 Å². The Kier molecular flexibility index (Phi) is 4.83. The molecule has 0 amide bonds. The molecule has 0 bridgehead atoms. The van der Waals surface area contributed by atoms with Crippen molar-refractivity contribution in [3.63, 3.8) is 0 Å². The van der Waals surface area contributed by atoms with Crippen molar-refractivity contribution in [2.45, 2.75) is 44.6 Å². The van der Waals surface area contributed by atoms with E-state index in [4.69, 9.17) is 4.74 Å². The molecule has 0 unspecified atom stereocenters. The third-order valence-electron chi connectivity index (χ3n) is 4.77. The molecular formula is C20H21F3O. The Morgan fingerprint density at radius 2 is 1.62 bits per heavy atom. The number of benzene rings is 2. The van der Waals surface area contributed by atoms with E-state index in [2.05, 4.69) is 6.92 Å². The highest BCUT2D eigenvalue weighted by atomic mass is 19.3. The van der Waals surface area contributed by atoms with Crippen molar-refractivity contribution in [2.24, 2.45) is 5.92 Å². The Bertz CT molecular complexity index is 674. The van der Waals surface area contributed by atoms with Crippen molar-refractivity contribution >= 4 is 0 Å². The molecule has 0 aromatic heterocycles. The summed E-state index contributed by atoms with van der Waals surface area (Å²) in [4.78, 5) is 0. The van der Waals surface area contributed by atoms with Crippen molar-refractivity contribution in [1.82, 2.24) is 0 Å². The lowest BCUT2D eigenvalue weighted by Gasteiger charge is -2.26. The van der Waals surface area contributed by atoms with Gasteiger partial charge in [-0.25, -0.2) is 4.39 Å². The van der Waals surface area contributed by atoms with Crippen LogP contribution in [0.4, 0.5) is 13.2 Å². The zero-order chi connectivity index (χ0) is 17.2. The van der Waals surface area contributed by atoms with Crippen molar-refractivity contribution in [2.75, 3.05) is 0 Å². The van der Waals surface area contributed by atoms with E-state index in [9.17, 15) is 13.2 Å². The average Bonchev–Trinajstić information content (AvgIpc) is 2.56. The summed E-state index contributed by atoms with van der Waals surface area (Å²) in [6.45, 7) is 2.27. The maximum atomic E-state index is 14.1. The fraction of sp³-hybridized carbons (Fsp3) is 0.400. The van der Waals surface area contributed by atoms with Crippen LogP contribution < -0.4 is 4.74 Å². The topological polar surface area (TPSA) is 9.23 Å². The van der Waals surface area contributed by atoms with Crippen LogP contribution in [0.5, 0.6) is 5.75 Å². The quantitative estimate of drug-likeness (QED) is 0.642. The highest BCUT2D eigenvalue weighted by Crippen LogP contribution is 2.37. The molecule has 0 saturated heterocycles. The maximum Gasteiger partial charge on any atom is 0.426 e. The van der Waals surface area contributed by atoms with E-state index < -0.39 is 17.5 Å². The molecule has 4 heteroatoms. The van der Waals surface area contributed by atoms with Gasteiger partial charge in [0.2, 0.25) is 0 Å². The van der Waals surface area contributed by atoms with E-state index in [1.165, 1.54) is 24.5 Å². The van der Waals surface area contributed by atoms with Crippen LogP contribution in [-0.4, -0.2) is 0 Å². The zero-order valence-corrected chi connectivity index (χ0v) is 13.6. The lowest BCUT2D eigenvalue weighted by Crippen LogP contribution is -2.22. The first-order chi connectivity index (χ1) is 11.4. The minimum Gasteiger partial charge on any atom is -0.429 e. The molecule has 0 aliphatic heterocycles. The molecule has 0 heterocycles. The van der Waals surface area contributed by atoms with Crippen LogP contribution in [0.3, 0.4) is 0 Å². The largest absolute Gasteiger partial charge is 0.429 e. The molecule has 0 N–H and O–H groups in total. The van der Waals surface area contributed by atoms with Crippen LogP contribution in [0.1, 0.15) is 49.7 Å². The standard InChI is InChI=1S/C20H21F3O/c1-14-5-7-15(8-6-14)16-9-11-19(12-10-16)24-20(22,23)17-3-2-4-18(21)13-17/h2-4,9-15H,5-8H2,1H3. The van der Waals surface area contributed by atoms with Gasteiger partial charge in [-0.2, -0.15) is 8.78 Å². The van der Waals surface area contributed by atoms with Gasteiger partial charge in [0.25, 0.3) is 0 Å². The van der Waals surface area contributed by atoms with Gasteiger partial charge in [0.15, 0.2) is 0 Å². The second kappa shape index (κ2) is 6.88. The first-order valence-electron chi connectivity index (χ1n) is 8.37. The van der Waals surface area contributed by atoms with E-state index in [1.807, 2.05) is 12.1 Å². The summed E-state index contributed by atoms with van der Waals surface area (Å²) >= 11 is 0. The Morgan fingerprint density at radius 3 is 2.25 bits per heavy atom. The molecule has 2 aromatic carbocycles. The lowest BCUT2D eigenvalue weighted by molar-refractivity contribution is -0.185. The summed E-state index contributed by atoms with van der Waals surface area (Å²) in [7, 11) is 0. The summed E-state index contributed by atoms with van der Waals surface area (Å²) < 4.78 is 46.2. The van der Waals surface area contributed by atoms with Gasteiger partial charge in [-0.1, -0.05) is 38.0 Å². The van der Waals surface area contributed by atoms with E-state index in [0.717, 1.165) is 37.0 Å². The van der Waals surface area contributed by atoms with Crippen molar-refractivity contribution < 1.29 is 17.9 Å². The van der Waals surface area contributed by atoms with Crippen LogP contribution in [0, 0.1) is 11.7 Å². The Morgan fingerprint density at radius 1 is 0.958 bits per heavy atom. The van der Waals surface area contributed by atoms with Crippen molar-refractivity contribution in [3.8, 4) is 5.75 Å². The summed E-state index contributed by atoms with van der Waals surface area (Å²) in [6, 6.07) is 11.2. The molecule has 128 valence electrons. The molecule has 1 aliphatic rings. The number of alkyl halides is 2. The van der Waals surface area contributed by atoms with Crippen LogP contribution in [0.2, 0.25) is 0 Å². The molecular weight excluding hydrogens is 313 g/mol. The molecule has 1 saturated carbocycles. The van der Waals surface area contributed by atoms with Crippen LogP contribution in [0.25, 0.3) is 0 Å². The van der Waals surface area contributed by atoms with Crippen LogP contribution in [0.15, 0.2) is 48.5 Å². The Balaban J connectivity index is 1.69. The summed E-state index contributed by atoms with van der Waals surface area (Å²) in [5.74, 6) is 0.641. The minimum absolute atomic E-state index is 0.0807. The molecule has 3 rings (SSSR count). The summed E-state index contributed by atoms with van der Waals surface area (Å²) in [6.07, 6.45) is 1.13. The third kappa shape index (κ3) is 3.92. The number of halogens is 3. The number of rotatable bonds is 4. The Labute approximate surface area is 140 Å². The monoisotopic (exact) mass is 334 g/mol. The first kappa shape index (κ1) is 16.9. The summed E-state index contributed by atoms with van der Waals surface area (Å²) in [5, 5.41) is 0. The predicted octanol–water partition coefficient (Wildman–Crippen LogP) is 6.25. The molecule has 24 heavy (non-hydrogen) atoms. The molecule has 2 aromatic rings. The van der Waals surface area contributed by atoms with Gasteiger partial charge >= 0.3 is 6.11 Å². The second-order valence-electron chi connectivity index (χ2n) is 6.66. The second-order valence-corrected chi connectivity index (χ2v) is 6.66. The molecule has 0 atom stereocenters. The number of hydrogen-bond donors (Lipinski definition) is 0. The minimum atomic E-state index is -3.57. The van der Waals surface area contributed by atoms with E-state index in [-0.39, 0.29) is 5.75 Å². The van der Waals surface area contributed by atoms with E-state index >= 15 is 0 Å². The van der Waals surface area contributed by atoms with Crippen LogP contribution >= 0.6 is 0 Å². The van der Waals surface area contributed by atoms with Gasteiger partial charge in [0.1, 0.15) is 11.6 Å². The smallest absolute Gasteiger partial charge is 0.426 e. The van der Waals surface area contributed by atoms with Crippen molar-refractivity contribution in [1.29, 1.82) is 0 Å². The normalized spacial score (nSPS) is 21.5. The zero-order valence-electron chi connectivity index (χ0n) is 13.6. The SMILES string of the molecule is CC1CCC(c2ccc(OC(F)(F)c3cccc(F)c3)cc2)CC1. The summed E-state index contributed by atoms with van der Waals surface area (Å²) in [5.41, 5.74) is 0.677. The predicted molar refractivity (Wildman–Crippen MR) is 87.7 cm³/mol. The van der Waals surface area contributed by atoms with Crippen molar-refractivity contribution in [3.05, 3.63) is 65.5 Å². The maximum absolute atomic E-state index is 14.1. The fourth-order valence-corrected chi connectivity index (χ4v) is 3.28. The first-order valence-corrected chi connectivity index (χ1v) is 8.37. The van der Waals surface area contributed by atoms with Gasteiger partial charge in [0, 0.05) is 0 Å². The number of ether oxygens (including phenoxy) is 1. The molecule has 1 aliphatic carbocycles. The molecule has 0 spiro atoms.